The summed E-state index contributed by atoms with van der Waals surface area (Å²) in [5.74, 6) is 0.356. The Morgan fingerprint density at radius 3 is 2.58 bits per heavy atom. The standard InChI is InChI=1S/C19H18N2O3/c1-21-17(18(22)20-12-13-6-4-3-5-7-13)11-14-10-15(24-2)8-9-16(14)19(21)23/h3-11H,12H2,1-2H3,(H,20,22). The summed E-state index contributed by atoms with van der Waals surface area (Å²) in [5.41, 5.74) is 1.11. The molecule has 0 aliphatic heterocycles. The molecule has 0 saturated carbocycles. The molecule has 0 atom stereocenters. The summed E-state index contributed by atoms with van der Waals surface area (Å²) in [4.78, 5) is 25.0. The van der Waals surface area contributed by atoms with Gasteiger partial charge >= 0.3 is 0 Å². The van der Waals surface area contributed by atoms with Crippen molar-refractivity contribution in [2.45, 2.75) is 6.54 Å². The van der Waals surface area contributed by atoms with Gasteiger partial charge in [0.2, 0.25) is 0 Å². The van der Waals surface area contributed by atoms with Crippen LogP contribution < -0.4 is 15.6 Å². The number of carbonyl (C=O) groups is 1. The minimum atomic E-state index is -0.289. The van der Waals surface area contributed by atoms with E-state index in [1.807, 2.05) is 30.3 Å². The maximum atomic E-state index is 12.5. The van der Waals surface area contributed by atoms with Gasteiger partial charge in [-0.2, -0.15) is 0 Å². The Hall–Kier alpha value is -3.08. The van der Waals surface area contributed by atoms with Crippen LogP contribution in [-0.2, 0) is 13.6 Å². The van der Waals surface area contributed by atoms with E-state index in [-0.39, 0.29) is 11.5 Å². The summed E-state index contributed by atoms with van der Waals surface area (Å²) < 4.78 is 6.56. The lowest BCUT2D eigenvalue weighted by Gasteiger charge is -2.11. The van der Waals surface area contributed by atoms with Gasteiger partial charge in [-0.3, -0.25) is 9.59 Å². The van der Waals surface area contributed by atoms with Crippen molar-refractivity contribution in [2.24, 2.45) is 7.05 Å². The van der Waals surface area contributed by atoms with Crippen LogP contribution in [0.1, 0.15) is 16.1 Å². The lowest BCUT2D eigenvalue weighted by atomic mass is 10.1. The number of fused-ring (bicyclic) bond motifs is 1. The molecule has 5 nitrogen and oxygen atoms in total. The predicted molar refractivity (Wildman–Crippen MR) is 93.4 cm³/mol. The van der Waals surface area contributed by atoms with E-state index in [9.17, 15) is 9.59 Å². The largest absolute Gasteiger partial charge is 0.497 e. The molecule has 0 aliphatic carbocycles. The Morgan fingerprint density at radius 1 is 1.12 bits per heavy atom. The Kier molecular flexibility index (Phi) is 4.33. The lowest BCUT2D eigenvalue weighted by Crippen LogP contribution is -2.30. The third-order valence-electron chi connectivity index (χ3n) is 3.98. The average Bonchev–Trinajstić information content (AvgIpc) is 2.63. The van der Waals surface area contributed by atoms with Gasteiger partial charge in [0, 0.05) is 19.0 Å². The monoisotopic (exact) mass is 322 g/mol. The Labute approximate surface area is 139 Å². The lowest BCUT2D eigenvalue weighted by molar-refractivity contribution is 0.0941. The number of hydrogen-bond donors (Lipinski definition) is 1. The van der Waals surface area contributed by atoms with Crippen LogP contribution in [0.2, 0.25) is 0 Å². The second-order valence-corrected chi connectivity index (χ2v) is 5.52. The topological polar surface area (TPSA) is 60.3 Å². The normalized spacial score (nSPS) is 10.6. The minimum absolute atomic E-state index is 0.208. The van der Waals surface area contributed by atoms with E-state index in [1.165, 1.54) is 4.57 Å². The molecule has 1 amide bonds. The van der Waals surface area contributed by atoms with E-state index in [0.29, 0.717) is 28.8 Å². The fourth-order valence-electron chi connectivity index (χ4n) is 2.60. The molecule has 1 N–H and O–H groups in total. The first-order valence-corrected chi connectivity index (χ1v) is 7.60. The smallest absolute Gasteiger partial charge is 0.268 e. The SMILES string of the molecule is COc1ccc2c(=O)n(C)c(C(=O)NCc3ccccc3)cc2c1. The fraction of sp³-hybridized carbons (Fsp3) is 0.158. The van der Waals surface area contributed by atoms with Gasteiger partial charge in [-0.25, -0.2) is 0 Å². The van der Waals surface area contributed by atoms with Gasteiger partial charge in [0.15, 0.2) is 0 Å². The van der Waals surface area contributed by atoms with Gasteiger partial charge in [-0.05, 0) is 35.2 Å². The van der Waals surface area contributed by atoms with E-state index in [1.54, 1.807) is 38.4 Å². The zero-order valence-corrected chi connectivity index (χ0v) is 13.6. The van der Waals surface area contributed by atoms with Crippen LogP contribution in [0.25, 0.3) is 10.8 Å². The summed E-state index contributed by atoms with van der Waals surface area (Å²) in [5, 5.41) is 4.08. The molecule has 1 heterocycles. The van der Waals surface area contributed by atoms with Gasteiger partial charge in [0.05, 0.1) is 7.11 Å². The third kappa shape index (κ3) is 3.01. The molecular weight excluding hydrogens is 304 g/mol. The highest BCUT2D eigenvalue weighted by Crippen LogP contribution is 2.19. The molecule has 3 rings (SSSR count). The first kappa shape index (κ1) is 15.8. The van der Waals surface area contributed by atoms with Crippen molar-refractivity contribution < 1.29 is 9.53 Å². The number of aromatic nitrogens is 1. The number of nitrogens with one attached hydrogen (secondary N) is 1. The van der Waals surface area contributed by atoms with Crippen LogP contribution >= 0.6 is 0 Å². The van der Waals surface area contributed by atoms with E-state index in [2.05, 4.69) is 5.32 Å². The predicted octanol–water partition coefficient (Wildman–Crippen LogP) is 2.48. The first-order valence-electron chi connectivity index (χ1n) is 7.60. The van der Waals surface area contributed by atoms with Gasteiger partial charge in [0.1, 0.15) is 11.4 Å². The number of carbonyl (C=O) groups excluding carboxylic acids is 1. The number of pyridine rings is 1. The number of ether oxygens (including phenoxy) is 1. The van der Waals surface area contributed by atoms with Crippen molar-refractivity contribution in [3.8, 4) is 5.75 Å². The summed E-state index contributed by atoms with van der Waals surface area (Å²) in [6, 6.07) is 16.5. The molecule has 0 bridgehead atoms. The summed E-state index contributed by atoms with van der Waals surface area (Å²) >= 11 is 0. The van der Waals surface area contributed by atoms with Crippen molar-refractivity contribution in [1.82, 2.24) is 9.88 Å². The molecule has 0 saturated heterocycles. The molecule has 24 heavy (non-hydrogen) atoms. The number of amides is 1. The average molecular weight is 322 g/mol. The molecule has 0 aliphatic rings. The maximum Gasteiger partial charge on any atom is 0.268 e. The molecule has 5 heteroatoms. The Bertz CT molecular complexity index is 946. The number of nitrogens with zero attached hydrogens (tertiary/aromatic N) is 1. The Balaban J connectivity index is 1.94. The molecule has 0 radical (unpaired) electrons. The van der Waals surface area contributed by atoms with Gasteiger partial charge in [-0.15, -0.1) is 0 Å². The second-order valence-electron chi connectivity index (χ2n) is 5.52. The van der Waals surface area contributed by atoms with Crippen LogP contribution in [0.4, 0.5) is 0 Å². The van der Waals surface area contributed by atoms with Crippen molar-refractivity contribution in [2.75, 3.05) is 7.11 Å². The molecule has 1 aromatic heterocycles. The van der Waals surface area contributed by atoms with Crippen molar-refractivity contribution in [3.63, 3.8) is 0 Å². The highest BCUT2D eigenvalue weighted by molar-refractivity contribution is 5.96. The molecule has 0 unspecified atom stereocenters. The number of hydrogen-bond acceptors (Lipinski definition) is 3. The van der Waals surface area contributed by atoms with Crippen LogP contribution in [0, 0.1) is 0 Å². The van der Waals surface area contributed by atoms with Crippen LogP contribution in [0.5, 0.6) is 5.75 Å². The number of rotatable bonds is 4. The molecule has 2 aromatic carbocycles. The van der Waals surface area contributed by atoms with E-state index >= 15 is 0 Å². The van der Waals surface area contributed by atoms with Crippen molar-refractivity contribution in [1.29, 1.82) is 0 Å². The molecular formula is C19H18N2O3. The van der Waals surface area contributed by atoms with Crippen LogP contribution in [0.3, 0.4) is 0 Å². The van der Waals surface area contributed by atoms with Crippen LogP contribution in [0.15, 0.2) is 59.4 Å². The Morgan fingerprint density at radius 2 is 1.88 bits per heavy atom. The highest BCUT2D eigenvalue weighted by Gasteiger charge is 2.13. The van der Waals surface area contributed by atoms with Crippen molar-refractivity contribution >= 4 is 16.7 Å². The second kappa shape index (κ2) is 6.58. The van der Waals surface area contributed by atoms with Crippen LogP contribution in [-0.4, -0.2) is 17.6 Å². The summed E-state index contributed by atoms with van der Waals surface area (Å²) in [6.45, 7) is 0.407. The number of methoxy groups -OCH3 is 1. The number of benzene rings is 2. The molecule has 0 fully saturated rings. The maximum absolute atomic E-state index is 12.5. The summed E-state index contributed by atoms with van der Waals surface area (Å²) in [6.07, 6.45) is 0. The van der Waals surface area contributed by atoms with E-state index in [0.717, 1.165) is 5.56 Å². The first-order chi connectivity index (χ1) is 11.6. The minimum Gasteiger partial charge on any atom is -0.497 e. The molecule has 122 valence electrons. The van der Waals surface area contributed by atoms with Crippen molar-refractivity contribution in [3.05, 3.63) is 76.2 Å². The van der Waals surface area contributed by atoms with Gasteiger partial charge < -0.3 is 14.6 Å². The zero-order valence-electron chi connectivity index (χ0n) is 13.6. The fourth-order valence-corrected chi connectivity index (χ4v) is 2.60. The van der Waals surface area contributed by atoms with E-state index < -0.39 is 0 Å². The summed E-state index contributed by atoms with van der Waals surface area (Å²) in [7, 11) is 3.17. The van der Waals surface area contributed by atoms with Gasteiger partial charge in [0.25, 0.3) is 11.5 Å². The molecule has 0 spiro atoms. The zero-order chi connectivity index (χ0) is 17.1. The van der Waals surface area contributed by atoms with Gasteiger partial charge in [-0.1, -0.05) is 30.3 Å². The third-order valence-corrected chi connectivity index (χ3v) is 3.98. The quantitative estimate of drug-likeness (QED) is 0.803. The highest BCUT2D eigenvalue weighted by atomic mass is 16.5. The van der Waals surface area contributed by atoms with E-state index in [4.69, 9.17) is 4.74 Å². The molecule has 3 aromatic rings.